The number of nitrogens with two attached hydrogens (primary N) is 1. The predicted molar refractivity (Wildman–Crippen MR) is 113 cm³/mol. The second-order valence-electron chi connectivity index (χ2n) is 5.92. The summed E-state index contributed by atoms with van der Waals surface area (Å²) in [4.78, 5) is 20.5. The highest BCUT2D eigenvalue weighted by molar-refractivity contribution is 6.41. The molecule has 0 spiro atoms. The molecule has 29 heavy (non-hydrogen) atoms. The van der Waals surface area contributed by atoms with Gasteiger partial charge in [0.2, 0.25) is 11.7 Å². The lowest BCUT2D eigenvalue weighted by molar-refractivity contribution is -0.110. The van der Waals surface area contributed by atoms with Gasteiger partial charge in [-0.05, 0) is 35.4 Å². The van der Waals surface area contributed by atoms with E-state index >= 15 is 0 Å². The lowest BCUT2D eigenvalue weighted by Gasteiger charge is -2.08. The van der Waals surface area contributed by atoms with Crippen LogP contribution in [0.5, 0.6) is 5.88 Å². The zero-order valence-electron chi connectivity index (χ0n) is 15.8. The van der Waals surface area contributed by atoms with E-state index < -0.39 is 5.91 Å². The zero-order chi connectivity index (χ0) is 20.5. The molecule has 0 aliphatic rings. The summed E-state index contributed by atoms with van der Waals surface area (Å²) >= 11 is 0. The van der Waals surface area contributed by atoms with Crippen LogP contribution in [0.1, 0.15) is 5.56 Å². The van der Waals surface area contributed by atoms with Crippen LogP contribution < -0.4 is 15.8 Å². The number of carbonyl (C=O) groups is 1. The van der Waals surface area contributed by atoms with Gasteiger partial charge in [0.05, 0.1) is 7.11 Å². The predicted octanol–water partition coefficient (Wildman–Crippen LogP) is 2.68. The van der Waals surface area contributed by atoms with Gasteiger partial charge in [-0.2, -0.15) is 5.10 Å². The SMILES string of the molecule is COc1ncccc1-c1ccnc(NC(=O)/C(N)=N/N=C/Cc2ccccc2)c1. The maximum Gasteiger partial charge on any atom is 0.293 e. The van der Waals surface area contributed by atoms with E-state index in [1.54, 1.807) is 43.9 Å². The summed E-state index contributed by atoms with van der Waals surface area (Å²) in [7, 11) is 1.55. The maximum absolute atomic E-state index is 12.2. The van der Waals surface area contributed by atoms with Gasteiger partial charge in [0, 0.05) is 30.6 Å². The van der Waals surface area contributed by atoms with Crippen molar-refractivity contribution < 1.29 is 9.53 Å². The fourth-order valence-corrected chi connectivity index (χ4v) is 2.53. The van der Waals surface area contributed by atoms with Gasteiger partial charge in [0.25, 0.3) is 5.91 Å². The number of aromatic nitrogens is 2. The first kappa shape index (κ1) is 19.7. The number of rotatable bonds is 6. The standard InChI is InChI=1S/C21H20N6O2/c1-29-21-17(8-5-11-24-21)16-10-12-23-18(14-16)26-20(28)19(22)27-25-13-9-15-6-3-2-4-7-15/h2-8,10-14H,9H2,1H3,(H2,22,27)(H,23,26,28)/b25-13+. The van der Waals surface area contributed by atoms with Crippen molar-refractivity contribution in [2.24, 2.45) is 15.9 Å². The molecule has 0 fully saturated rings. The molecule has 0 radical (unpaired) electrons. The third-order valence-corrected chi connectivity index (χ3v) is 3.93. The Balaban J connectivity index is 1.65. The Morgan fingerprint density at radius 1 is 1.14 bits per heavy atom. The molecule has 0 aliphatic carbocycles. The third-order valence-electron chi connectivity index (χ3n) is 3.93. The fourth-order valence-electron chi connectivity index (χ4n) is 2.53. The molecule has 2 heterocycles. The minimum Gasteiger partial charge on any atom is -0.481 e. The van der Waals surface area contributed by atoms with Crippen molar-refractivity contribution in [2.45, 2.75) is 6.42 Å². The van der Waals surface area contributed by atoms with E-state index in [1.807, 2.05) is 36.4 Å². The zero-order valence-corrected chi connectivity index (χ0v) is 15.8. The number of hydrogen-bond donors (Lipinski definition) is 2. The number of carbonyl (C=O) groups excluding carboxylic acids is 1. The fraction of sp³-hybridized carbons (Fsp3) is 0.0952. The van der Waals surface area contributed by atoms with Crippen LogP contribution in [0.15, 0.2) is 77.2 Å². The first-order valence-corrected chi connectivity index (χ1v) is 8.83. The summed E-state index contributed by atoms with van der Waals surface area (Å²) in [6.07, 6.45) is 5.39. The Morgan fingerprint density at radius 3 is 2.76 bits per heavy atom. The molecule has 0 atom stereocenters. The van der Waals surface area contributed by atoms with E-state index in [2.05, 4.69) is 25.5 Å². The van der Waals surface area contributed by atoms with Crippen molar-refractivity contribution in [1.82, 2.24) is 9.97 Å². The summed E-state index contributed by atoms with van der Waals surface area (Å²) in [5.74, 6) is -0.0558. The average Bonchev–Trinajstić information content (AvgIpc) is 2.77. The second-order valence-corrected chi connectivity index (χ2v) is 5.92. The Morgan fingerprint density at radius 2 is 1.97 bits per heavy atom. The van der Waals surface area contributed by atoms with Crippen molar-refractivity contribution in [1.29, 1.82) is 0 Å². The molecule has 0 unspecified atom stereocenters. The highest BCUT2D eigenvalue weighted by Gasteiger charge is 2.11. The first-order chi connectivity index (χ1) is 14.2. The Kier molecular flexibility index (Phi) is 6.62. The van der Waals surface area contributed by atoms with Crippen molar-refractivity contribution >= 4 is 23.8 Å². The van der Waals surface area contributed by atoms with Crippen molar-refractivity contribution in [3.8, 4) is 17.0 Å². The number of anilines is 1. The largest absolute Gasteiger partial charge is 0.481 e. The van der Waals surface area contributed by atoms with Gasteiger partial charge in [0.1, 0.15) is 5.82 Å². The lowest BCUT2D eigenvalue weighted by atomic mass is 10.1. The molecular formula is C21H20N6O2. The Bertz CT molecular complexity index is 1030. The highest BCUT2D eigenvalue weighted by Crippen LogP contribution is 2.28. The Labute approximate surface area is 168 Å². The van der Waals surface area contributed by atoms with Crippen molar-refractivity contribution in [3.05, 3.63) is 72.6 Å². The number of hydrogen-bond acceptors (Lipinski definition) is 6. The second kappa shape index (κ2) is 9.75. The van der Waals surface area contributed by atoms with Crippen LogP contribution in [0.25, 0.3) is 11.1 Å². The van der Waals surface area contributed by atoms with Gasteiger partial charge in [-0.3, -0.25) is 4.79 Å². The molecular weight excluding hydrogens is 368 g/mol. The molecule has 3 N–H and O–H groups in total. The molecule has 3 rings (SSSR count). The van der Waals surface area contributed by atoms with E-state index in [0.717, 1.165) is 16.7 Å². The normalized spacial score (nSPS) is 11.4. The molecule has 0 saturated heterocycles. The monoisotopic (exact) mass is 388 g/mol. The lowest BCUT2D eigenvalue weighted by Crippen LogP contribution is -2.30. The molecule has 1 amide bonds. The molecule has 0 bridgehead atoms. The molecule has 8 heteroatoms. The summed E-state index contributed by atoms with van der Waals surface area (Å²) in [6.45, 7) is 0. The molecule has 1 aromatic carbocycles. The minimum absolute atomic E-state index is 0.263. The Hall–Kier alpha value is -4.07. The molecule has 0 aliphatic heterocycles. The van der Waals surface area contributed by atoms with E-state index in [0.29, 0.717) is 18.1 Å². The maximum atomic E-state index is 12.2. The smallest absolute Gasteiger partial charge is 0.293 e. The minimum atomic E-state index is -0.593. The van der Waals surface area contributed by atoms with Crippen molar-refractivity contribution in [2.75, 3.05) is 12.4 Å². The summed E-state index contributed by atoms with van der Waals surface area (Å²) < 4.78 is 5.27. The van der Waals surface area contributed by atoms with Gasteiger partial charge in [-0.15, -0.1) is 5.10 Å². The third kappa shape index (κ3) is 5.46. The summed E-state index contributed by atoms with van der Waals surface area (Å²) in [5.41, 5.74) is 8.36. The number of amides is 1. The molecule has 2 aromatic heterocycles. The number of nitrogens with zero attached hydrogens (tertiary/aromatic N) is 4. The van der Waals surface area contributed by atoms with Crippen LogP contribution in [0.2, 0.25) is 0 Å². The van der Waals surface area contributed by atoms with Gasteiger partial charge in [-0.25, -0.2) is 9.97 Å². The number of pyridine rings is 2. The summed E-state index contributed by atoms with van der Waals surface area (Å²) in [6, 6.07) is 16.9. The topological polar surface area (TPSA) is 115 Å². The van der Waals surface area contributed by atoms with E-state index in [-0.39, 0.29) is 5.84 Å². The number of nitrogens with one attached hydrogen (secondary N) is 1. The number of ether oxygens (including phenoxy) is 1. The quantitative estimate of drug-likeness (QED) is 0.383. The van der Waals surface area contributed by atoms with Crippen LogP contribution in [-0.4, -0.2) is 35.0 Å². The molecule has 0 saturated carbocycles. The number of methoxy groups -OCH3 is 1. The van der Waals surface area contributed by atoms with Crippen LogP contribution >= 0.6 is 0 Å². The van der Waals surface area contributed by atoms with Crippen LogP contribution in [0.3, 0.4) is 0 Å². The summed E-state index contributed by atoms with van der Waals surface area (Å²) in [5, 5.41) is 10.2. The van der Waals surface area contributed by atoms with E-state index in [1.165, 1.54) is 0 Å². The van der Waals surface area contributed by atoms with Gasteiger partial charge in [-0.1, -0.05) is 30.3 Å². The first-order valence-electron chi connectivity index (χ1n) is 8.83. The number of benzene rings is 1. The van der Waals surface area contributed by atoms with Crippen LogP contribution in [0.4, 0.5) is 5.82 Å². The van der Waals surface area contributed by atoms with E-state index in [9.17, 15) is 4.79 Å². The number of amidine groups is 1. The molecule has 3 aromatic rings. The molecule has 8 nitrogen and oxygen atoms in total. The molecule has 146 valence electrons. The van der Waals surface area contributed by atoms with Crippen LogP contribution in [-0.2, 0) is 11.2 Å². The highest BCUT2D eigenvalue weighted by atomic mass is 16.5. The van der Waals surface area contributed by atoms with Crippen molar-refractivity contribution in [3.63, 3.8) is 0 Å². The average molecular weight is 388 g/mol. The van der Waals surface area contributed by atoms with E-state index in [4.69, 9.17) is 10.5 Å². The van der Waals surface area contributed by atoms with Gasteiger partial charge < -0.3 is 15.8 Å². The van der Waals surface area contributed by atoms with Gasteiger partial charge in [0.15, 0.2) is 0 Å². The van der Waals surface area contributed by atoms with Gasteiger partial charge >= 0.3 is 0 Å². The van der Waals surface area contributed by atoms with Crippen LogP contribution in [0, 0.1) is 0 Å².